The van der Waals surface area contributed by atoms with Crippen LogP contribution in [-0.2, 0) is 28.6 Å². The summed E-state index contributed by atoms with van der Waals surface area (Å²) in [4.78, 5) is 37.8. The van der Waals surface area contributed by atoms with Gasteiger partial charge in [0.05, 0.1) is 0 Å². The molecule has 0 fully saturated rings. The van der Waals surface area contributed by atoms with Crippen LogP contribution in [0.15, 0.2) is 97.2 Å². The van der Waals surface area contributed by atoms with Crippen molar-refractivity contribution >= 4 is 17.9 Å². The molecule has 0 spiro atoms. The summed E-state index contributed by atoms with van der Waals surface area (Å²) in [5.41, 5.74) is 0. The fourth-order valence-electron chi connectivity index (χ4n) is 6.10. The van der Waals surface area contributed by atoms with Crippen LogP contribution in [0, 0.1) is 0 Å². The maximum atomic E-state index is 12.7. The molecular weight excluding hydrogens is 733 g/mol. The summed E-state index contributed by atoms with van der Waals surface area (Å²) in [7, 11) is 0. The second-order valence-electron chi connectivity index (χ2n) is 15.4. The van der Waals surface area contributed by atoms with Gasteiger partial charge in [0.25, 0.3) is 0 Å². The van der Waals surface area contributed by atoms with Crippen molar-refractivity contribution in [3.63, 3.8) is 0 Å². The summed E-state index contributed by atoms with van der Waals surface area (Å²) in [6, 6.07) is 0. The Balaban J connectivity index is 4.54. The summed E-state index contributed by atoms with van der Waals surface area (Å²) < 4.78 is 16.6. The van der Waals surface area contributed by atoms with Gasteiger partial charge in [-0.3, -0.25) is 14.4 Å². The highest BCUT2D eigenvalue weighted by Gasteiger charge is 2.19. The van der Waals surface area contributed by atoms with Gasteiger partial charge in [0.2, 0.25) is 0 Å². The zero-order valence-corrected chi connectivity index (χ0v) is 38.0. The molecule has 0 saturated heterocycles. The third-order valence-electron chi connectivity index (χ3n) is 9.70. The third-order valence-corrected chi connectivity index (χ3v) is 9.70. The van der Waals surface area contributed by atoms with Crippen molar-refractivity contribution in [1.82, 2.24) is 0 Å². The van der Waals surface area contributed by atoms with Crippen LogP contribution in [0.25, 0.3) is 0 Å². The van der Waals surface area contributed by atoms with Gasteiger partial charge in [-0.15, -0.1) is 0 Å². The minimum atomic E-state index is -0.824. The summed E-state index contributed by atoms with van der Waals surface area (Å²) in [6.45, 7) is 6.35. The highest BCUT2D eigenvalue weighted by Crippen LogP contribution is 2.12. The first-order valence-electron chi connectivity index (χ1n) is 23.8. The van der Waals surface area contributed by atoms with Crippen molar-refractivity contribution in [2.75, 3.05) is 13.2 Å². The molecule has 0 bridgehead atoms. The quantitative estimate of drug-likeness (QED) is 0.0201. The minimum Gasteiger partial charge on any atom is -0.462 e. The Morgan fingerprint density at radius 2 is 0.695 bits per heavy atom. The molecule has 0 aliphatic heterocycles. The predicted octanol–water partition coefficient (Wildman–Crippen LogP) is 15.4. The third kappa shape index (κ3) is 45.3. The molecule has 6 nitrogen and oxygen atoms in total. The minimum absolute atomic E-state index is 0.118. The van der Waals surface area contributed by atoms with Crippen LogP contribution in [0.4, 0.5) is 0 Å². The summed E-state index contributed by atoms with van der Waals surface area (Å²) >= 11 is 0. The molecule has 59 heavy (non-hydrogen) atoms. The fourth-order valence-corrected chi connectivity index (χ4v) is 6.10. The monoisotopic (exact) mass is 819 g/mol. The molecule has 0 aromatic carbocycles. The molecule has 0 heterocycles. The number of carbonyl (C=O) groups is 3. The Bertz CT molecular complexity index is 1220. The molecule has 0 rings (SSSR count). The van der Waals surface area contributed by atoms with Crippen LogP contribution >= 0.6 is 0 Å². The molecular formula is C53H86O6. The lowest BCUT2D eigenvalue weighted by molar-refractivity contribution is -0.167. The van der Waals surface area contributed by atoms with Crippen LogP contribution < -0.4 is 0 Å². The van der Waals surface area contributed by atoms with Crippen LogP contribution in [-0.4, -0.2) is 37.2 Å². The number of carbonyl (C=O) groups excluding carboxylic acids is 3. The lowest BCUT2D eigenvalue weighted by Gasteiger charge is -2.18. The highest BCUT2D eigenvalue weighted by molar-refractivity contribution is 5.71. The first kappa shape index (κ1) is 55.3. The number of unbranched alkanes of at least 4 members (excludes halogenated alkanes) is 19. The molecule has 0 aliphatic rings. The molecule has 1 unspecified atom stereocenters. The number of hydrogen-bond acceptors (Lipinski definition) is 6. The molecule has 0 amide bonds. The molecule has 0 N–H and O–H groups in total. The van der Waals surface area contributed by atoms with E-state index < -0.39 is 12.1 Å². The van der Waals surface area contributed by atoms with E-state index >= 15 is 0 Å². The molecule has 334 valence electrons. The average Bonchev–Trinajstić information content (AvgIpc) is 3.23. The van der Waals surface area contributed by atoms with Gasteiger partial charge >= 0.3 is 17.9 Å². The van der Waals surface area contributed by atoms with Gasteiger partial charge in [-0.2, -0.15) is 0 Å². The largest absolute Gasteiger partial charge is 0.462 e. The average molecular weight is 819 g/mol. The lowest BCUT2D eigenvalue weighted by atomic mass is 10.1. The normalized spacial score (nSPS) is 12.9. The van der Waals surface area contributed by atoms with E-state index in [1.165, 1.54) is 77.0 Å². The van der Waals surface area contributed by atoms with Gasteiger partial charge in [-0.1, -0.05) is 195 Å². The number of esters is 3. The Labute approximate surface area is 362 Å². The van der Waals surface area contributed by atoms with Crippen molar-refractivity contribution in [2.24, 2.45) is 0 Å². The van der Waals surface area contributed by atoms with Crippen molar-refractivity contribution < 1.29 is 28.6 Å². The summed E-state index contributed by atoms with van der Waals surface area (Å²) in [5, 5.41) is 0. The van der Waals surface area contributed by atoms with Gasteiger partial charge in [0.1, 0.15) is 13.2 Å². The first-order chi connectivity index (χ1) is 29.0. The van der Waals surface area contributed by atoms with E-state index in [9.17, 15) is 14.4 Å². The second-order valence-corrected chi connectivity index (χ2v) is 15.4. The van der Waals surface area contributed by atoms with E-state index in [0.29, 0.717) is 19.3 Å². The number of allylic oxidation sites excluding steroid dienone is 16. The molecule has 6 heteroatoms. The molecule has 0 aliphatic carbocycles. The SMILES string of the molecule is CC/C=C/C=C/C=C/C=C/C=C/CCCC(=O)OC(COC(=O)CCCCC/C=C/CCCCCCCC)COC(=O)CCCCCCCC/C=C/C=C/CCCCC. The maximum Gasteiger partial charge on any atom is 0.306 e. The van der Waals surface area contributed by atoms with Crippen molar-refractivity contribution in [1.29, 1.82) is 0 Å². The molecule has 0 aromatic rings. The van der Waals surface area contributed by atoms with E-state index in [-0.39, 0.29) is 31.6 Å². The fraction of sp³-hybridized carbons (Fsp3) is 0.642. The van der Waals surface area contributed by atoms with Gasteiger partial charge in [-0.25, -0.2) is 0 Å². The Morgan fingerprint density at radius 3 is 1.20 bits per heavy atom. The van der Waals surface area contributed by atoms with E-state index in [1.54, 1.807) is 0 Å². The zero-order valence-electron chi connectivity index (χ0n) is 38.0. The Hall–Kier alpha value is -3.67. The molecule has 0 radical (unpaired) electrons. The van der Waals surface area contributed by atoms with Crippen molar-refractivity contribution in [3.8, 4) is 0 Å². The Morgan fingerprint density at radius 1 is 0.356 bits per heavy atom. The molecule has 0 aromatic heterocycles. The maximum absolute atomic E-state index is 12.7. The van der Waals surface area contributed by atoms with E-state index in [1.807, 2.05) is 54.7 Å². The lowest BCUT2D eigenvalue weighted by Crippen LogP contribution is -2.30. The predicted molar refractivity (Wildman–Crippen MR) is 251 cm³/mol. The van der Waals surface area contributed by atoms with E-state index in [4.69, 9.17) is 14.2 Å². The van der Waals surface area contributed by atoms with Crippen LogP contribution in [0.2, 0.25) is 0 Å². The van der Waals surface area contributed by atoms with Gasteiger partial charge in [0, 0.05) is 19.3 Å². The van der Waals surface area contributed by atoms with Crippen LogP contribution in [0.5, 0.6) is 0 Å². The van der Waals surface area contributed by atoms with Crippen LogP contribution in [0.1, 0.15) is 201 Å². The van der Waals surface area contributed by atoms with E-state index in [0.717, 1.165) is 77.0 Å². The number of ether oxygens (including phenoxy) is 3. The molecule has 1 atom stereocenters. The topological polar surface area (TPSA) is 78.9 Å². The number of rotatable bonds is 41. The highest BCUT2D eigenvalue weighted by atomic mass is 16.6. The standard InChI is InChI=1S/C53H86O6/c1-4-7-10-13-16-19-22-25-26-29-31-34-37-40-43-46-52(55)58-49-50(59-53(56)47-44-41-38-35-32-28-24-21-18-15-12-9-6-3)48-57-51(54)45-42-39-36-33-30-27-23-20-17-14-11-8-5-2/h9,12,15-16,18-19,21-22,24-25,27-28,30,32,35,38,50H,4-8,10-11,13-14,17,20,23,26,29,31,33-34,36-37,39-49H2,1-3H3/b12-9+,18-15+,19-16+,24-21+,25-22+,30-27+,32-28+,38-35+. The Kier molecular flexibility index (Phi) is 44.1. The first-order valence-corrected chi connectivity index (χ1v) is 23.8. The smallest absolute Gasteiger partial charge is 0.306 e. The van der Waals surface area contributed by atoms with Gasteiger partial charge in [0.15, 0.2) is 6.10 Å². The van der Waals surface area contributed by atoms with Crippen molar-refractivity contribution in [2.45, 2.75) is 207 Å². The van der Waals surface area contributed by atoms with E-state index in [2.05, 4.69) is 63.3 Å². The van der Waals surface area contributed by atoms with Gasteiger partial charge < -0.3 is 14.2 Å². The van der Waals surface area contributed by atoms with Crippen molar-refractivity contribution in [3.05, 3.63) is 97.2 Å². The van der Waals surface area contributed by atoms with Crippen LogP contribution in [0.3, 0.4) is 0 Å². The second kappa shape index (κ2) is 47.0. The summed E-state index contributed by atoms with van der Waals surface area (Å²) in [5.74, 6) is -1.03. The summed E-state index contributed by atoms with van der Waals surface area (Å²) in [6.07, 6.45) is 61.1. The zero-order chi connectivity index (χ0) is 43.0. The molecule has 0 saturated carbocycles. The number of hydrogen-bond donors (Lipinski definition) is 0. The van der Waals surface area contributed by atoms with Gasteiger partial charge in [-0.05, 0) is 83.5 Å².